The predicted octanol–water partition coefficient (Wildman–Crippen LogP) is 3.66. The Morgan fingerprint density at radius 3 is 2.28 bits per heavy atom. The molecule has 0 radical (unpaired) electrons. The summed E-state index contributed by atoms with van der Waals surface area (Å²) in [6.07, 6.45) is 1.67. The Balaban J connectivity index is 2.14. The van der Waals surface area contributed by atoms with E-state index in [2.05, 4.69) is 11.4 Å². The quantitative estimate of drug-likeness (QED) is 0.336. The number of amides is 1. The molecule has 1 amide bonds. The van der Waals surface area contributed by atoms with E-state index in [0.29, 0.717) is 13.2 Å². The van der Waals surface area contributed by atoms with Gasteiger partial charge in [-0.2, -0.15) is 5.26 Å². The number of carbonyl (C=O) groups excluding carboxylic acids is 1. The van der Waals surface area contributed by atoms with Crippen molar-refractivity contribution in [3.63, 3.8) is 0 Å². The normalized spacial score (nSPS) is 11.4. The molecule has 4 nitrogen and oxygen atoms in total. The maximum Gasteiger partial charge on any atom is 0.262 e. The summed E-state index contributed by atoms with van der Waals surface area (Å²) in [4.78, 5) is 12.3. The highest BCUT2D eigenvalue weighted by atomic mass is 16.5. The topological polar surface area (TPSA) is 62.1 Å². The van der Waals surface area contributed by atoms with Crippen LogP contribution in [0, 0.1) is 11.3 Å². The van der Waals surface area contributed by atoms with Crippen molar-refractivity contribution in [3.05, 3.63) is 65.7 Å². The molecule has 3 rings (SSSR count). The average molecular weight is 330 g/mol. The summed E-state index contributed by atoms with van der Waals surface area (Å²) in [6, 6.07) is 20.1. The van der Waals surface area contributed by atoms with Crippen molar-refractivity contribution in [1.29, 1.82) is 5.26 Å². The lowest BCUT2D eigenvalue weighted by atomic mass is 9.95. The first kappa shape index (κ1) is 16.7. The van der Waals surface area contributed by atoms with Crippen molar-refractivity contribution in [2.45, 2.75) is 0 Å². The second-order valence-electron chi connectivity index (χ2n) is 5.65. The zero-order valence-electron chi connectivity index (χ0n) is 14.0. The molecule has 124 valence electrons. The maximum atomic E-state index is 12.3. The first-order chi connectivity index (χ1) is 12.2. The lowest BCUT2D eigenvalue weighted by Crippen LogP contribution is -2.27. The summed E-state index contributed by atoms with van der Waals surface area (Å²) >= 11 is 0. The van der Waals surface area contributed by atoms with E-state index in [1.807, 2.05) is 54.6 Å². The molecule has 0 heterocycles. The summed E-state index contributed by atoms with van der Waals surface area (Å²) in [6.45, 7) is 0.770. The smallest absolute Gasteiger partial charge is 0.262 e. The number of nitriles is 1. The van der Waals surface area contributed by atoms with Crippen molar-refractivity contribution in [2.24, 2.45) is 0 Å². The number of benzene rings is 3. The van der Waals surface area contributed by atoms with Gasteiger partial charge in [-0.3, -0.25) is 4.79 Å². The second-order valence-corrected chi connectivity index (χ2v) is 5.65. The van der Waals surface area contributed by atoms with Crippen LogP contribution < -0.4 is 5.32 Å². The number of hydrogen-bond donors (Lipinski definition) is 1. The second kappa shape index (κ2) is 7.61. The van der Waals surface area contributed by atoms with Crippen molar-refractivity contribution >= 4 is 33.5 Å². The minimum atomic E-state index is -0.392. The Morgan fingerprint density at radius 1 is 1.12 bits per heavy atom. The number of rotatable bonds is 5. The van der Waals surface area contributed by atoms with Crippen molar-refractivity contribution in [3.8, 4) is 6.07 Å². The number of ether oxygens (including phenoxy) is 1. The van der Waals surface area contributed by atoms with E-state index in [-0.39, 0.29) is 5.57 Å². The first-order valence-corrected chi connectivity index (χ1v) is 8.04. The fourth-order valence-corrected chi connectivity index (χ4v) is 2.86. The number of nitrogens with one attached hydrogen (secondary N) is 1. The number of nitrogens with zero attached hydrogens (tertiary/aromatic N) is 1. The molecule has 0 fully saturated rings. The van der Waals surface area contributed by atoms with Gasteiger partial charge >= 0.3 is 0 Å². The Labute approximate surface area is 146 Å². The molecule has 4 heteroatoms. The van der Waals surface area contributed by atoms with E-state index in [4.69, 9.17) is 4.74 Å². The van der Waals surface area contributed by atoms with E-state index in [1.54, 1.807) is 13.2 Å². The molecule has 0 aliphatic carbocycles. The fraction of sp³-hybridized carbons (Fsp3) is 0.143. The van der Waals surface area contributed by atoms with Gasteiger partial charge in [0.15, 0.2) is 0 Å². The van der Waals surface area contributed by atoms with Crippen molar-refractivity contribution in [2.75, 3.05) is 20.3 Å². The molecule has 3 aromatic carbocycles. The summed E-state index contributed by atoms with van der Waals surface area (Å²) in [5, 5.41) is 16.3. The lowest BCUT2D eigenvalue weighted by molar-refractivity contribution is -0.117. The van der Waals surface area contributed by atoms with Gasteiger partial charge in [0.1, 0.15) is 11.6 Å². The SMILES string of the molecule is COCCNC(=O)/C(C#N)=C/c1c2ccccc2cc2ccccc12. The average Bonchev–Trinajstić information content (AvgIpc) is 2.65. The Bertz CT molecular complexity index is 946. The van der Waals surface area contributed by atoms with Gasteiger partial charge in [0.2, 0.25) is 0 Å². The monoisotopic (exact) mass is 330 g/mol. The molecule has 0 spiro atoms. The highest BCUT2D eigenvalue weighted by Crippen LogP contribution is 2.30. The molecule has 0 atom stereocenters. The minimum Gasteiger partial charge on any atom is -0.383 e. The Kier molecular flexibility index (Phi) is 5.08. The van der Waals surface area contributed by atoms with Crippen LogP contribution in [-0.4, -0.2) is 26.2 Å². The highest BCUT2D eigenvalue weighted by Gasteiger charge is 2.11. The van der Waals surface area contributed by atoms with Crippen LogP contribution in [0.15, 0.2) is 60.2 Å². The van der Waals surface area contributed by atoms with Crippen LogP contribution in [0.5, 0.6) is 0 Å². The predicted molar refractivity (Wildman–Crippen MR) is 99.9 cm³/mol. The zero-order valence-corrected chi connectivity index (χ0v) is 14.0. The van der Waals surface area contributed by atoms with Crippen LogP contribution in [0.25, 0.3) is 27.6 Å². The molecular weight excluding hydrogens is 312 g/mol. The Morgan fingerprint density at radius 2 is 1.72 bits per heavy atom. The van der Waals surface area contributed by atoms with Crippen LogP contribution >= 0.6 is 0 Å². The molecule has 0 saturated heterocycles. The highest BCUT2D eigenvalue weighted by molar-refractivity contribution is 6.11. The molecule has 0 aliphatic rings. The van der Waals surface area contributed by atoms with Gasteiger partial charge in [-0.1, -0.05) is 48.5 Å². The molecule has 0 bridgehead atoms. The molecule has 3 aromatic rings. The van der Waals surface area contributed by atoms with Gasteiger partial charge in [-0.15, -0.1) is 0 Å². The van der Waals surface area contributed by atoms with Gasteiger partial charge in [-0.05, 0) is 39.3 Å². The van der Waals surface area contributed by atoms with Gasteiger partial charge in [0.25, 0.3) is 5.91 Å². The number of fused-ring (bicyclic) bond motifs is 2. The standard InChI is InChI=1S/C21H18N2O2/c1-25-11-10-23-21(24)17(14-22)13-20-18-8-4-2-6-15(18)12-16-7-3-5-9-19(16)20/h2-9,12-13H,10-11H2,1H3,(H,23,24)/b17-13+. The zero-order chi connectivity index (χ0) is 17.6. The third-order valence-electron chi connectivity index (χ3n) is 4.06. The van der Waals surface area contributed by atoms with Crippen LogP contribution in [0.2, 0.25) is 0 Å². The van der Waals surface area contributed by atoms with Gasteiger partial charge in [0.05, 0.1) is 6.61 Å². The fourth-order valence-electron chi connectivity index (χ4n) is 2.86. The lowest BCUT2D eigenvalue weighted by Gasteiger charge is -2.09. The molecule has 0 aromatic heterocycles. The third kappa shape index (κ3) is 3.52. The Hall–Kier alpha value is -3.16. The van der Waals surface area contributed by atoms with Gasteiger partial charge in [0, 0.05) is 13.7 Å². The molecule has 0 aliphatic heterocycles. The summed E-state index contributed by atoms with van der Waals surface area (Å²) < 4.78 is 4.92. The number of hydrogen-bond acceptors (Lipinski definition) is 3. The minimum absolute atomic E-state index is 0.0811. The molecule has 1 N–H and O–H groups in total. The van der Waals surface area contributed by atoms with Crippen molar-refractivity contribution < 1.29 is 9.53 Å². The third-order valence-corrected chi connectivity index (χ3v) is 4.06. The number of carbonyl (C=O) groups is 1. The van der Waals surface area contributed by atoms with E-state index in [0.717, 1.165) is 27.1 Å². The van der Waals surface area contributed by atoms with Gasteiger partial charge in [-0.25, -0.2) is 0 Å². The first-order valence-electron chi connectivity index (χ1n) is 8.04. The van der Waals surface area contributed by atoms with E-state index in [9.17, 15) is 10.1 Å². The van der Waals surface area contributed by atoms with Crippen LogP contribution in [0.4, 0.5) is 0 Å². The maximum absolute atomic E-state index is 12.3. The van der Waals surface area contributed by atoms with Gasteiger partial charge < -0.3 is 10.1 Å². The summed E-state index contributed by atoms with van der Waals surface area (Å²) in [7, 11) is 1.56. The molecule has 25 heavy (non-hydrogen) atoms. The van der Waals surface area contributed by atoms with Crippen molar-refractivity contribution in [1.82, 2.24) is 5.32 Å². The van der Waals surface area contributed by atoms with E-state index < -0.39 is 5.91 Å². The number of methoxy groups -OCH3 is 1. The van der Waals surface area contributed by atoms with Crippen LogP contribution in [0.1, 0.15) is 5.56 Å². The molecular formula is C21H18N2O2. The van der Waals surface area contributed by atoms with Crippen LogP contribution in [0.3, 0.4) is 0 Å². The molecule has 0 unspecified atom stereocenters. The van der Waals surface area contributed by atoms with E-state index >= 15 is 0 Å². The summed E-state index contributed by atoms with van der Waals surface area (Å²) in [5.41, 5.74) is 0.963. The van der Waals surface area contributed by atoms with E-state index in [1.165, 1.54) is 0 Å². The molecule has 0 saturated carbocycles. The largest absolute Gasteiger partial charge is 0.383 e. The van der Waals surface area contributed by atoms with Crippen LogP contribution in [-0.2, 0) is 9.53 Å². The summed E-state index contributed by atoms with van der Waals surface area (Å²) in [5.74, 6) is -0.392.